The minimum Gasteiger partial charge on any atom is -0.478 e. The van der Waals surface area contributed by atoms with Crippen LogP contribution in [0.4, 0.5) is 5.69 Å². The summed E-state index contributed by atoms with van der Waals surface area (Å²) in [5, 5.41) is 19.9. The molecule has 0 aliphatic carbocycles. The Morgan fingerprint density at radius 3 is 2.79 bits per heavy atom. The molecule has 0 spiro atoms. The van der Waals surface area contributed by atoms with E-state index in [1.165, 1.54) is 12.4 Å². The lowest BCUT2D eigenvalue weighted by molar-refractivity contribution is -0.385. The molecule has 98 valence electrons. The van der Waals surface area contributed by atoms with E-state index in [4.69, 9.17) is 5.11 Å². The zero-order valence-corrected chi connectivity index (χ0v) is 11.2. The van der Waals surface area contributed by atoms with Crippen LogP contribution in [0.25, 0.3) is 0 Å². The summed E-state index contributed by atoms with van der Waals surface area (Å²) in [5.74, 6) is -1.21. The van der Waals surface area contributed by atoms with Gasteiger partial charge in [0.25, 0.3) is 5.69 Å². The Kier molecular flexibility index (Phi) is 3.76. The average molecular weight is 297 g/mol. The van der Waals surface area contributed by atoms with Gasteiger partial charge < -0.3 is 5.11 Å². The van der Waals surface area contributed by atoms with Gasteiger partial charge >= 0.3 is 5.97 Å². The number of carboxylic acid groups (broad SMARTS) is 1. The van der Waals surface area contributed by atoms with Gasteiger partial charge in [0.05, 0.1) is 10.5 Å². The maximum Gasteiger partial charge on any atom is 0.335 e. The Balaban J connectivity index is 2.52. The maximum absolute atomic E-state index is 11.0. The monoisotopic (exact) mass is 297 g/mol. The van der Waals surface area contributed by atoms with E-state index >= 15 is 0 Å². The van der Waals surface area contributed by atoms with Gasteiger partial charge in [0.1, 0.15) is 6.33 Å². The zero-order chi connectivity index (χ0) is 14.0. The summed E-state index contributed by atoms with van der Waals surface area (Å²) in [5.41, 5.74) is 0.0754. The van der Waals surface area contributed by atoms with Crippen molar-refractivity contribution in [2.75, 3.05) is 0 Å². The van der Waals surface area contributed by atoms with Crippen molar-refractivity contribution in [1.29, 1.82) is 0 Å². The quantitative estimate of drug-likeness (QED) is 0.682. The number of hydrogen-bond acceptors (Lipinski definition) is 7. The van der Waals surface area contributed by atoms with Crippen LogP contribution in [0, 0.1) is 17.0 Å². The third kappa shape index (κ3) is 2.88. The van der Waals surface area contributed by atoms with Crippen molar-refractivity contribution in [1.82, 2.24) is 9.36 Å². The summed E-state index contributed by atoms with van der Waals surface area (Å²) in [4.78, 5) is 25.8. The molecule has 0 radical (unpaired) electrons. The molecule has 19 heavy (non-hydrogen) atoms. The number of aromatic carboxylic acids is 1. The van der Waals surface area contributed by atoms with E-state index in [0.717, 1.165) is 29.4 Å². The summed E-state index contributed by atoms with van der Waals surface area (Å²) < 4.78 is 4.42. The van der Waals surface area contributed by atoms with Crippen molar-refractivity contribution in [3.8, 4) is 0 Å². The van der Waals surface area contributed by atoms with E-state index in [1.807, 2.05) is 0 Å². The van der Waals surface area contributed by atoms with Crippen molar-refractivity contribution in [2.45, 2.75) is 16.2 Å². The van der Waals surface area contributed by atoms with Gasteiger partial charge in [-0.3, -0.25) is 10.1 Å². The Bertz CT molecular complexity index is 642. The van der Waals surface area contributed by atoms with Crippen LogP contribution in [-0.2, 0) is 0 Å². The van der Waals surface area contributed by atoms with E-state index in [-0.39, 0.29) is 11.3 Å². The number of hydrogen-bond donors (Lipinski definition) is 1. The average Bonchev–Trinajstić information content (AvgIpc) is 2.83. The van der Waals surface area contributed by atoms with Crippen molar-refractivity contribution in [3.05, 3.63) is 39.7 Å². The lowest BCUT2D eigenvalue weighted by atomic mass is 10.1. The second-order valence-corrected chi connectivity index (χ2v) is 5.56. The molecule has 0 amide bonds. The fourth-order valence-electron chi connectivity index (χ4n) is 1.39. The number of nitro benzene ring substituents is 1. The fourth-order valence-corrected chi connectivity index (χ4v) is 2.95. The van der Waals surface area contributed by atoms with E-state index in [0.29, 0.717) is 14.8 Å². The Morgan fingerprint density at radius 2 is 2.26 bits per heavy atom. The molecule has 0 aliphatic heterocycles. The number of aromatic nitrogens is 2. The SMILES string of the molecule is Cc1c(Sc2ncns2)cc(C(=O)O)cc1[N+](=O)[O-]. The first-order chi connectivity index (χ1) is 8.99. The highest BCUT2D eigenvalue weighted by Crippen LogP contribution is 2.35. The topological polar surface area (TPSA) is 106 Å². The van der Waals surface area contributed by atoms with Crippen LogP contribution >= 0.6 is 23.3 Å². The molecule has 1 N–H and O–H groups in total. The molecule has 9 heteroatoms. The highest BCUT2D eigenvalue weighted by Gasteiger charge is 2.20. The van der Waals surface area contributed by atoms with E-state index in [1.54, 1.807) is 6.92 Å². The van der Waals surface area contributed by atoms with Gasteiger partial charge in [-0.15, -0.1) is 0 Å². The van der Waals surface area contributed by atoms with Crippen LogP contribution in [0.5, 0.6) is 0 Å². The smallest absolute Gasteiger partial charge is 0.335 e. The van der Waals surface area contributed by atoms with Crippen LogP contribution < -0.4 is 0 Å². The molecule has 0 bridgehead atoms. The number of nitrogens with zero attached hydrogens (tertiary/aromatic N) is 3. The van der Waals surface area contributed by atoms with Gasteiger partial charge in [-0.05, 0) is 24.5 Å². The standard InChI is InChI=1S/C10H7N3O4S2/c1-5-7(13(16)17)2-6(9(14)15)3-8(5)18-10-11-4-12-19-10/h2-4H,1H3,(H,14,15). The normalized spacial score (nSPS) is 10.4. The van der Waals surface area contributed by atoms with Crippen LogP contribution in [-0.4, -0.2) is 25.4 Å². The van der Waals surface area contributed by atoms with Gasteiger partial charge in [-0.25, -0.2) is 9.78 Å². The summed E-state index contributed by atoms with van der Waals surface area (Å²) in [6.07, 6.45) is 1.37. The maximum atomic E-state index is 11.0. The van der Waals surface area contributed by atoms with Gasteiger partial charge in [0, 0.05) is 16.5 Å². The highest BCUT2D eigenvalue weighted by atomic mass is 32.2. The van der Waals surface area contributed by atoms with E-state index in [9.17, 15) is 14.9 Å². The number of benzene rings is 1. The third-order valence-electron chi connectivity index (χ3n) is 2.31. The first-order valence-electron chi connectivity index (χ1n) is 4.96. The van der Waals surface area contributed by atoms with Crippen molar-refractivity contribution >= 4 is 35.0 Å². The zero-order valence-electron chi connectivity index (χ0n) is 9.56. The summed E-state index contributed by atoms with van der Waals surface area (Å²) in [6, 6.07) is 2.46. The van der Waals surface area contributed by atoms with Gasteiger partial charge in [-0.1, -0.05) is 11.8 Å². The number of carbonyl (C=O) groups is 1. The lowest BCUT2D eigenvalue weighted by Crippen LogP contribution is -2.01. The predicted octanol–water partition coefficient (Wildman–Crippen LogP) is 2.60. The Labute approximate surface area is 115 Å². The molecule has 1 heterocycles. The van der Waals surface area contributed by atoms with Gasteiger partial charge in [-0.2, -0.15) is 4.37 Å². The molecule has 1 aromatic heterocycles. The number of rotatable bonds is 4. The summed E-state index contributed by atoms with van der Waals surface area (Å²) in [7, 11) is 0. The molecule has 0 aliphatic rings. The number of nitro groups is 1. The summed E-state index contributed by atoms with van der Waals surface area (Å²) in [6.45, 7) is 1.58. The van der Waals surface area contributed by atoms with Crippen molar-refractivity contribution < 1.29 is 14.8 Å². The first kappa shape index (κ1) is 13.4. The molecule has 0 fully saturated rings. The van der Waals surface area contributed by atoms with Crippen LogP contribution in [0.2, 0.25) is 0 Å². The minimum atomic E-state index is -1.21. The molecular formula is C10H7N3O4S2. The highest BCUT2D eigenvalue weighted by molar-refractivity contribution is 8.01. The van der Waals surface area contributed by atoms with Gasteiger partial charge in [0.2, 0.25) is 0 Å². The summed E-state index contributed by atoms with van der Waals surface area (Å²) >= 11 is 2.30. The fraction of sp³-hybridized carbons (Fsp3) is 0.100. The molecule has 0 saturated heterocycles. The Morgan fingerprint density at radius 1 is 1.53 bits per heavy atom. The molecule has 2 aromatic rings. The Hall–Kier alpha value is -2.00. The van der Waals surface area contributed by atoms with E-state index < -0.39 is 10.9 Å². The third-order valence-corrected chi connectivity index (χ3v) is 4.17. The first-order valence-corrected chi connectivity index (χ1v) is 6.55. The van der Waals surface area contributed by atoms with Crippen molar-refractivity contribution in [3.63, 3.8) is 0 Å². The molecule has 7 nitrogen and oxygen atoms in total. The second-order valence-electron chi connectivity index (χ2n) is 3.49. The lowest BCUT2D eigenvalue weighted by Gasteiger charge is -2.05. The molecule has 0 saturated carbocycles. The predicted molar refractivity (Wildman–Crippen MR) is 68.8 cm³/mol. The molecule has 0 atom stereocenters. The largest absolute Gasteiger partial charge is 0.478 e. The number of carboxylic acids is 1. The molecular weight excluding hydrogens is 290 g/mol. The van der Waals surface area contributed by atoms with Crippen LogP contribution in [0.3, 0.4) is 0 Å². The van der Waals surface area contributed by atoms with Crippen LogP contribution in [0.15, 0.2) is 27.7 Å². The minimum absolute atomic E-state index is 0.121. The molecule has 0 unspecified atom stereocenters. The molecule has 2 rings (SSSR count). The van der Waals surface area contributed by atoms with Crippen LogP contribution in [0.1, 0.15) is 15.9 Å². The van der Waals surface area contributed by atoms with E-state index in [2.05, 4.69) is 9.36 Å². The van der Waals surface area contributed by atoms with Crippen molar-refractivity contribution in [2.24, 2.45) is 0 Å². The molecule has 1 aromatic carbocycles. The van der Waals surface area contributed by atoms with Gasteiger partial charge in [0.15, 0.2) is 4.34 Å². The second kappa shape index (κ2) is 5.33.